The zero-order valence-corrected chi connectivity index (χ0v) is 17.6. The van der Waals surface area contributed by atoms with Crippen molar-refractivity contribution < 1.29 is 9.18 Å². The van der Waals surface area contributed by atoms with Crippen LogP contribution in [0.25, 0.3) is 10.9 Å². The smallest absolute Gasteiger partial charge is 0.259 e. The highest BCUT2D eigenvalue weighted by atomic mass is 19.1. The molecule has 1 N–H and O–H groups in total. The van der Waals surface area contributed by atoms with Gasteiger partial charge < -0.3 is 9.88 Å². The van der Waals surface area contributed by atoms with Crippen LogP contribution in [-0.2, 0) is 0 Å². The molecule has 1 aromatic carbocycles. The molecule has 0 radical (unpaired) electrons. The third-order valence-corrected chi connectivity index (χ3v) is 8.01. The molecule has 4 aliphatic rings. The summed E-state index contributed by atoms with van der Waals surface area (Å²) in [5.74, 6) is 0.337. The maximum atomic E-state index is 14.1. The number of rotatable bonds is 1. The van der Waals surface area contributed by atoms with Crippen LogP contribution in [0, 0.1) is 17.7 Å². The number of hydrogen-bond acceptors (Lipinski definition) is 3. The van der Waals surface area contributed by atoms with Crippen molar-refractivity contribution in [3.05, 3.63) is 57.6 Å². The second kappa shape index (κ2) is 7.30. The lowest BCUT2D eigenvalue weighted by molar-refractivity contribution is 0.00143. The van der Waals surface area contributed by atoms with Gasteiger partial charge in [-0.05, 0) is 62.6 Å². The van der Waals surface area contributed by atoms with E-state index in [1.165, 1.54) is 43.2 Å². The van der Waals surface area contributed by atoms with Crippen LogP contribution in [-0.4, -0.2) is 52.4 Å². The highest BCUT2D eigenvalue weighted by Crippen LogP contribution is 2.45. The first kappa shape index (κ1) is 19.2. The van der Waals surface area contributed by atoms with Crippen molar-refractivity contribution in [2.24, 2.45) is 11.8 Å². The summed E-state index contributed by atoms with van der Waals surface area (Å²) in [7, 11) is 0. The first-order chi connectivity index (χ1) is 15.1. The van der Waals surface area contributed by atoms with Crippen LogP contribution < -0.4 is 5.43 Å². The predicted molar refractivity (Wildman–Crippen MR) is 117 cm³/mol. The number of hydrogen-bond donors (Lipinski definition) is 1. The number of halogens is 1. The zero-order chi connectivity index (χ0) is 21.1. The van der Waals surface area contributed by atoms with Gasteiger partial charge in [0.2, 0.25) is 5.43 Å². The Morgan fingerprint density at radius 1 is 1.16 bits per heavy atom. The van der Waals surface area contributed by atoms with E-state index in [1.807, 2.05) is 4.90 Å². The second-order valence-corrected chi connectivity index (χ2v) is 9.70. The molecular formula is C25H28FN3O2. The van der Waals surface area contributed by atoms with Crippen LogP contribution in [0.1, 0.15) is 48.9 Å². The minimum atomic E-state index is -0.478. The van der Waals surface area contributed by atoms with Gasteiger partial charge in [0, 0.05) is 30.7 Å². The maximum absolute atomic E-state index is 14.1. The Bertz CT molecular complexity index is 1140. The lowest BCUT2D eigenvalue weighted by Crippen LogP contribution is -2.60. The molecule has 1 amide bonds. The van der Waals surface area contributed by atoms with E-state index in [2.05, 4.69) is 16.0 Å². The number of nitrogens with zero attached hydrogens (tertiary/aromatic N) is 2. The molecule has 0 unspecified atom stereocenters. The molecule has 3 saturated heterocycles. The molecule has 3 fully saturated rings. The van der Waals surface area contributed by atoms with E-state index in [0.29, 0.717) is 24.4 Å². The SMILES string of the molecule is O=C(c1c[nH]c2c(F)cccc2c1=O)N1CCCC2=C[C@H]3C[C@H](CN4CCCC[C@H]34)[C@H]21. The molecule has 3 aliphatic heterocycles. The summed E-state index contributed by atoms with van der Waals surface area (Å²) < 4.78 is 14.1. The molecule has 2 aromatic rings. The van der Waals surface area contributed by atoms with E-state index >= 15 is 0 Å². The van der Waals surface area contributed by atoms with Crippen molar-refractivity contribution in [3.8, 4) is 0 Å². The van der Waals surface area contributed by atoms with Crippen LogP contribution in [0.3, 0.4) is 0 Å². The number of nitrogens with one attached hydrogen (secondary N) is 1. The molecule has 5 nitrogen and oxygen atoms in total. The molecule has 6 rings (SSSR count). The van der Waals surface area contributed by atoms with Crippen molar-refractivity contribution in [3.63, 3.8) is 0 Å². The van der Waals surface area contributed by atoms with Gasteiger partial charge in [0.05, 0.1) is 11.6 Å². The Balaban J connectivity index is 1.37. The average Bonchev–Trinajstić information content (AvgIpc) is 2.79. The van der Waals surface area contributed by atoms with Crippen molar-refractivity contribution >= 4 is 16.8 Å². The monoisotopic (exact) mass is 421 g/mol. The molecule has 0 saturated carbocycles. The fraction of sp³-hybridized carbons (Fsp3) is 0.520. The Morgan fingerprint density at radius 2 is 2.06 bits per heavy atom. The summed E-state index contributed by atoms with van der Waals surface area (Å²) in [6.45, 7) is 2.88. The summed E-state index contributed by atoms with van der Waals surface area (Å²) in [6, 6.07) is 5.17. The summed E-state index contributed by atoms with van der Waals surface area (Å²) in [5, 5.41) is 0.233. The molecule has 4 atom stereocenters. The van der Waals surface area contributed by atoms with Crippen molar-refractivity contribution in [2.45, 2.75) is 50.6 Å². The molecular weight excluding hydrogens is 393 g/mol. The lowest BCUT2D eigenvalue weighted by atomic mass is 9.68. The molecule has 31 heavy (non-hydrogen) atoms. The van der Waals surface area contributed by atoms with Crippen LogP contribution in [0.2, 0.25) is 0 Å². The number of amides is 1. The standard InChI is InChI=1S/C25H28FN3O2/c26-20-7-3-6-18-22(20)27-13-19(24(18)30)25(31)29-10-4-5-15-11-16-12-17(23(15)29)14-28-9-2-1-8-21(16)28/h3,6-7,11,13,16-17,21,23H,1-2,4-5,8-10,12,14H2,(H,27,30)/t16-,17+,21+,23-/m0/s1. The van der Waals surface area contributed by atoms with E-state index < -0.39 is 5.82 Å². The molecule has 2 bridgehead atoms. The quantitative estimate of drug-likeness (QED) is 0.715. The number of aromatic amines is 1. The summed E-state index contributed by atoms with van der Waals surface area (Å²) >= 11 is 0. The van der Waals surface area contributed by atoms with E-state index in [1.54, 1.807) is 6.07 Å². The summed E-state index contributed by atoms with van der Waals surface area (Å²) in [6.07, 6.45) is 10.9. The minimum absolute atomic E-state index is 0.0861. The second-order valence-electron chi connectivity index (χ2n) is 9.70. The van der Waals surface area contributed by atoms with Gasteiger partial charge in [-0.3, -0.25) is 14.5 Å². The van der Waals surface area contributed by atoms with Gasteiger partial charge in [-0.15, -0.1) is 0 Å². The Morgan fingerprint density at radius 3 is 2.97 bits per heavy atom. The van der Waals surface area contributed by atoms with Gasteiger partial charge in [-0.2, -0.15) is 0 Å². The zero-order valence-electron chi connectivity index (χ0n) is 17.6. The van der Waals surface area contributed by atoms with Crippen LogP contribution in [0.4, 0.5) is 4.39 Å². The number of para-hydroxylation sites is 1. The average molecular weight is 422 g/mol. The Kier molecular flexibility index (Phi) is 4.53. The van der Waals surface area contributed by atoms with E-state index in [0.717, 1.165) is 32.4 Å². The molecule has 1 aliphatic carbocycles. The number of H-pyrrole nitrogens is 1. The molecule has 6 heteroatoms. The van der Waals surface area contributed by atoms with Crippen molar-refractivity contribution in [1.29, 1.82) is 0 Å². The number of fused-ring (bicyclic) bond motifs is 7. The number of carbonyl (C=O) groups excluding carboxylic acids is 1. The number of aromatic nitrogens is 1. The van der Waals surface area contributed by atoms with E-state index in [-0.39, 0.29) is 33.8 Å². The highest BCUT2D eigenvalue weighted by Gasteiger charge is 2.47. The predicted octanol–water partition coefficient (Wildman–Crippen LogP) is 3.70. The number of likely N-dealkylation sites (tertiary alicyclic amines) is 1. The normalized spacial score (nSPS) is 30.5. The van der Waals surface area contributed by atoms with Crippen LogP contribution in [0.5, 0.6) is 0 Å². The topological polar surface area (TPSA) is 56.4 Å². The largest absolute Gasteiger partial charge is 0.358 e. The fourth-order valence-electron chi connectivity index (χ4n) is 6.73. The fourth-order valence-corrected chi connectivity index (χ4v) is 6.73. The summed E-state index contributed by atoms with van der Waals surface area (Å²) in [4.78, 5) is 34.1. The molecule has 162 valence electrons. The lowest BCUT2D eigenvalue weighted by Gasteiger charge is -2.54. The first-order valence-corrected chi connectivity index (χ1v) is 11.7. The van der Waals surface area contributed by atoms with Gasteiger partial charge in [-0.1, -0.05) is 24.1 Å². The van der Waals surface area contributed by atoms with E-state index in [9.17, 15) is 14.0 Å². The molecule has 4 heterocycles. The van der Waals surface area contributed by atoms with Gasteiger partial charge in [0.15, 0.2) is 0 Å². The Labute approximate surface area is 180 Å². The summed E-state index contributed by atoms with van der Waals surface area (Å²) in [5.41, 5.74) is 1.29. The van der Waals surface area contributed by atoms with Crippen LogP contribution >= 0.6 is 0 Å². The van der Waals surface area contributed by atoms with Crippen LogP contribution in [0.15, 0.2) is 40.8 Å². The highest BCUT2D eigenvalue weighted by molar-refractivity contribution is 5.97. The molecule has 1 aromatic heterocycles. The van der Waals surface area contributed by atoms with E-state index in [4.69, 9.17) is 0 Å². The number of carbonyl (C=O) groups is 1. The minimum Gasteiger partial charge on any atom is -0.358 e. The first-order valence-electron chi connectivity index (χ1n) is 11.7. The number of piperidine rings is 3. The van der Waals surface area contributed by atoms with Crippen molar-refractivity contribution in [1.82, 2.24) is 14.8 Å². The Hall–Kier alpha value is -2.47. The third kappa shape index (κ3) is 2.99. The van der Waals surface area contributed by atoms with Gasteiger partial charge in [-0.25, -0.2) is 4.39 Å². The van der Waals surface area contributed by atoms with Gasteiger partial charge >= 0.3 is 0 Å². The van der Waals surface area contributed by atoms with Gasteiger partial charge in [0.1, 0.15) is 11.4 Å². The van der Waals surface area contributed by atoms with Gasteiger partial charge in [0.25, 0.3) is 5.91 Å². The number of benzene rings is 1. The number of pyridine rings is 1. The third-order valence-electron chi connectivity index (χ3n) is 8.01. The maximum Gasteiger partial charge on any atom is 0.259 e. The van der Waals surface area contributed by atoms with Crippen molar-refractivity contribution in [2.75, 3.05) is 19.6 Å². The molecule has 0 spiro atoms.